The lowest BCUT2D eigenvalue weighted by Gasteiger charge is -2.19. The molecule has 0 heterocycles. The Morgan fingerprint density at radius 1 is 1.24 bits per heavy atom. The van der Waals surface area contributed by atoms with Gasteiger partial charge in [0.15, 0.2) is 0 Å². The summed E-state index contributed by atoms with van der Waals surface area (Å²) in [7, 11) is 1.36. The van der Waals surface area contributed by atoms with Crippen molar-refractivity contribution in [1.29, 1.82) is 0 Å². The first-order valence-corrected chi connectivity index (χ1v) is 6.76. The molecule has 0 aliphatic rings. The number of aromatic hydroxyl groups is 1. The predicted octanol–water partition coefficient (Wildman–Crippen LogP) is 3.66. The third-order valence-electron chi connectivity index (χ3n) is 3.36. The molecule has 2 N–H and O–H groups in total. The van der Waals surface area contributed by atoms with Crippen molar-refractivity contribution in [2.24, 2.45) is 0 Å². The highest BCUT2D eigenvalue weighted by Crippen LogP contribution is 2.28. The largest absolute Gasteiger partial charge is 0.508 e. The second-order valence-electron chi connectivity index (χ2n) is 4.97. The van der Waals surface area contributed by atoms with Crippen LogP contribution in [0.2, 0.25) is 0 Å². The number of phenols is 1. The highest BCUT2D eigenvalue weighted by atomic mass is 16.5. The molecule has 0 aliphatic heterocycles. The maximum absolute atomic E-state index is 11.9. The van der Waals surface area contributed by atoms with E-state index >= 15 is 0 Å². The summed E-state index contributed by atoms with van der Waals surface area (Å²) in [5, 5.41) is 13.1. The topological polar surface area (TPSA) is 58.6 Å². The molecule has 4 heteroatoms. The van der Waals surface area contributed by atoms with E-state index in [9.17, 15) is 9.90 Å². The number of benzene rings is 2. The third kappa shape index (κ3) is 3.34. The van der Waals surface area contributed by atoms with E-state index in [-0.39, 0.29) is 17.8 Å². The molecule has 0 radical (unpaired) electrons. The summed E-state index contributed by atoms with van der Waals surface area (Å²) in [5.41, 5.74) is 2.92. The normalized spacial score (nSPS) is 11.8. The van der Waals surface area contributed by atoms with E-state index in [1.54, 1.807) is 18.2 Å². The minimum atomic E-state index is -0.384. The van der Waals surface area contributed by atoms with Crippen molar-refractivity contribution in [3.05, 3.63) is 59.2 Å². The number of aryl methyl sites for hydroxylation is 1. The summed E-state index contributed by atoms with van der Waals surface area (Å²) in [5.74, 6) is -0.157. The standard InChI is InChI=1S/C17H19NO3/c1-11-8-9-15(14(10-11)17(20)21-3)18-12(2)13-6-4-5-7-16(13)19/h4-10,12,18-19H,1-3H3. The maximum atomic E-state index is 11.9. The molecule has 0 saturated heterocycles. The fourth-order valence-corrected chi connectivity index (χ4v) is 2.23. The molecule has 110 valence electrons. The van der Waals surface area contributed by atoms with Crippen LogP contribution in [0.3, 0.4) is 0 Å². The van der Waals surface area contributed by atoms with E-state index in [1.807, 2.05) is 38.1 Å². The fourth-order valence-electron chi connectivity index (χ4n) is 2.23. The van der Waals surface area contributed by atoms with Crippen molar-refractivity contribution in [2.75, 3.05) is 12.4 Å². The number of methoxy groups -OCH3 is 1. The summed E-state index contributed by atoms with van der Waals surface area (Å²) in [4.78, 5) is 11.9. The lowest BCUT2D eigenvalue weighted by molar-refractivity contribution is 0.0601. The molecular formula is C17H19NO3. The quantitative estimate of drug-likeness (QED) is 0.842. The van der Waals surface area contributed by atoms with E-state index in [2.05, 4.69) is 5.32 Å². The molecule has 0 spiro atoms. The number of ether oxygens (including phenoxy) is 1. The van der Waals surface area contributed by atoms with Gasteiger partial charge in [0.1, 0.15) is 5.75 Å². The molecule has 1 atom stereocenters. The Morgan fingerprint density at radius 3 is 2.62 bits per heavy atom. The monoisotopic (exact) mass is 285 g/mol. The van der Waals surface area contributed by atoms with Crippen LogP contribution in [0.1, 0.15) is 34.5 Å². The number of rotatable bonds is 4. The molecule has 0 saturated carbocycles. The molecule has 21 heavy (non-hydrogen) atoms. The van der Waals surface area contributed by atoms with Crippen molar-refractivity contribution in [1.82, 2.24) is 0 Å². The highest BCUT2D eigenvalue weighted by molar-refractivity contribution is 5.95. The molecule has 2 aromatic rings. The molecule has 2 rings (SSSR count). The van der Waals surface area contributed by atoms with Gasteiger partial charge in [0.2, 0.25) is 0 Å². The first-order valence-electron chi connectivity index (χ1n) is 6.76. The SMILES string of the molecule is COC(=O)c1cc(C)ccc1NC(C)c1ccccc1O. The molecule has 0 fully saturated rings. The minimum absolute atomic E-state index is 0.141. The highest BCUT2D eigenvalue weighted by Gasteiger charge is 2.16. The van der Waals surface area contributed by atoms with Gasteiger partial charge in [0, 0.05) is 11.3 Å². The van der Waals surface area contributed by atoms with Gasteiger partial charge in [0.25, 0.3) is 0 Å². The number of hydrogen-bond donors (Lipinski definition) is 2. The number of phenolic OH excluding ortho intramolecular Hbond substituents is 1. The molecule has 0 bridgehead atoms. The fraction of sp³-hybridized carbons (Fsp3) is 0.235. The van der Waals surface area contributed by atoms with Crippen LogP contribution in [-0.2, 0) is 4.74 Å². The second kappa shape index (κ2) is 6.31. The van der Waals surface area contributed by atoms with Crippen molar-refractivity contribution in [2.45, 2.75) is 19.9 Å². The Bertz CT molecular complexity index is 652. The van der Waals surface area contributed by atoms with E-state index < -0.39 is 0 Å². The molecule has 2 aromatic carbocycles. The van der Waals surface area contributed by atoms with Crippen LogP contribution in [0, 0.1) is 6.92 Å². The molecule has 1 unspecified atom stereocenters. The third-order valence-corrected chi connectivity index (χ3v) is 3.36. The van der Waals surface area contributed by atoms with Crippen LogP contribution in [0.15, 0.2) is 42.5 Å². The molecule has 0 amide bonds. The van der Waals surface area contributed by atoms with Gasteiger partial charge >= 0.3 is 5.97 Å². The van der Waals surface area contributed by atoms with Gasteiger partial charge in [-0.2, -0.15) is 0 Å². The lowest BCUT2D eigenvalue weighted by Crippen LogP contribution is -2.12. The summed E-state index contributed by atoms with van der Waals surface area (Å²) >= 11 is 0. The van der Waals surface area contributed by atoms with E-state index in [4.69, 9.17) is 4.74 Å². The van der Waals surface area contributed by atoms with Gasteiger partial charge in [-0.1, -0.05) is 29.8 Å². The van der Waals surface area contributed by atoms with Gasteiger partial charge in [-0.05, 0) is 32.0 Å². The van der Waals surface area contributed by atoms with Gasteiger partial charge in [-0.3, -0.25) is 0 Å². The van der Waals surface area contributed by atoms with Crippen molar-refractivity contribution >= 4 is 11.7 Å². The average Bonchev–Trinajstić information content (AvgIpc) is 2.48. The molecular weight excluding hydrogens is 266 g/mol. The van der Waals surface area contributed by atoms with Crippen LogP contribution >= 0.6 is 0 Å². The Morgan fingerprint density at radius 2 is 1.95 bits per heavy atom. The zero-order valence-electron chi connectivity index (χ0n) is 12.4. The summed E-state index contributed by atoms with van der Waals surface area (Å²) in [6.07, 6.45) is 0. The average molecular weight is 285 g/mol. The molecule has 0 aromatic heterocycles. The first-order chi connectivity index (χ1) is 10.0. The van der Waals surface area contributed by atoms with Crippen molar-refractivity contribution < 1.29 is 14.6 Å². The van der Waals surface area contributed by atoms with Crippen LogP contribution < -0.4 is 5.32 Å². The van der Waals surface area contributed by atoms with Crippen LogP contribution in [-0.4, -0.2) is 18.2 Å². The minimum Gasteiger partial charge on any atom is -0.508 e. The summed E-state index contributed by atoms with van der Waals surface area (Å²) in [6, 6.07) is 12.5. The lowest BCUT2D eigenvalue weighted by atomic mass is 10.0. The van der Waals surface area contributed by atoms with Gasteiger partial charge in [0.05, 0.1) is 18.7 Å². The zero-order chi connectivity index (χ0) is 15.4. The number of carbonyl (C=O) groups excluding carboxylic acids is 1. The number of anilines is 1. The van der Waals surface area contributed by atoms with Gasteiger partial charge in [-0.15, -0.1) is 0 Å². The smallest absolute Gasteiger partial charge is 0.339 e. The van der Waals surface area contributed by atoms with Gasteiger partial charge < -0.3 is 15.2 Å². The summed E-state index contributed by atoms with van der Waals surface area (Å²) in [6.45, 7) is 3.85. The second-order valence-corrected chi connectivity index (χ2v) is 4.97. The number of hydrogen-bond acceptors (Lipinski definition) is 4. The number of nitrogens with one attached hydrogen (secondary N) is 1. The van der Waals surface area contributed by atoms with Crippen LogP contribution in [0.4, 0.5) is 5.69 Å². The Labute approximate surface area is 124 Å². The Hall–Kier alpha value is -2.49. The van der Waals surface area contributed by atoms with Crippen molar-refractivity contribution in [3.8, 4) is 5.75 Å². The summed E-state index contributed by atoms with van der Waals surface area (Å²) < 4.78 is 4.81. The number of esters is 1. The van der Waals surface area contributed by atoms with E-state index in [0.29, 0.717) is 11.3 Å². The Balaban J connectivity index is 2.31. The maximum Gasteiger partial charge on any atom is 0.339 e. The predicted molar refractivity (Wildman–Crippen MR) is 82.7 cm³/mol. The van der Waals surface area contributed by atoms with E-state index in [0.717, 1.165) is 11.1 Å². The number of carbonyl (C=O) groups is 1. The van der Waals surface area contributed by atoms with E-state index in [1.165, 1.54) is 7.11 Å². The van der Waals surface area contributed by atoms with Crippen LogP contribution in [0.25, 0.3) is 0 Å². The Kier molecular flexibility index (Phi) is 4.48. The zero-order valence-corrected chi connectivity index (χ0v) is 12.4. The van der Waals surface area contributed by atoms with Crippen LogP contribution in [0.5, 0.6) is 5.75 Å². The molecule has 4 nitrogen and oxygen atoms in total. The number of para-hydroxylation sites is 1. The van der Waals surface area contributed by atoms with Crippen molar-refractivity contribution in [3.63, 3.8) is 0 Å². The first kappa shape index (κ1) is 14.9. The molecule has 0 aliphatic carbocycles. The van der Waals surface area contributed by atoms with Gasteiger partial charge in [-0.25, -0.2) is 4.79 Å².